The Morgan fingerprint density at radius 1 is 1.38 bits per heavy atom. The summed E-state index contributed by atoms with van der Waals surface area (Å²) in [5.41, 5.74) is 5.03. The third-order valence-electron chi connectivity index (χ3n) is 6.27. The molecule has 1 aromatic heterocycles. The molecule has 4 atom stereocenters. The van der Waals surface area contributed by atoms with Crippen LogP contribution in [0.2, 0.25) is 0 Å². The number of nitrogens with one attached hydrogen (secondary N) is 2. The number of ketones is 1. The number of primary amides is 1. The second-order valence-corrected chi connectivity index (χ2v) is 9.22. The van der Waals surface area contributed by atoms with E-state index in [1.54, 1.807) is 6.20 Å². The first kappa shape index (κ1) is 18.8. The lowest BCUT2D eigenvalue weighted by Gasteiger charge is -2.36. The molecule has 26 heavy (non-hydrogen) atoms. The van der Waals surface area contributed by atoms with Gasteiger partial charge in [-0.1, -0.05) is 34.6 Å². The minimum absolute atomic E-state index is 0.0129. The van der Waals surface area contributed by atoms with Crippen LogP contribution in [-0.2, 0) is 9.59 Å². The molecule has 1 aliphatic carbocycles. The lowest BCUT2D eigenvalue weighted by atomic mass is 9.74. The molecule has 1 saturated heterocycles. The third-order valence-corrected chi connectivity index (χ3v) is 6.27. The Morgan fingerprint density at radius 3 is 2.54 bits per heavy atom. The standard InChI is InChI=1S/C19H29N5O2/c1-10-7-8-21-16(23-10)24-12(17(2,3)4)14(25)19-11(18(19,5)6)9-22-13(19)15(20)26/h7-8,11-13,22H,9H2,1-6H3,(H2,20,26)(H,21,23,24)/t11?,12?,13-,19?/m1/s1. The molecule has 0 bridgehead atoms. The highest BCUT2D eigenvalue weighted by Gasteiger charge is 2.82. The number of piperidine rings is 1. The van der Waals surface area contributed by atoms with Crippen molar-refractivity contribution in [3.05, 3.63) is 18.0 Å². The number of nitrogens with two attached hydrogens (primary N) is 1. The normalized spacial score (nSPS) is 30.4. The van der Waals surface area contributed by atoms with Crippen molar-refractivity contribution in [1.82, 2.24) is 15.3 Å². The number of amides is 1. The number of hydrogen-bond donors (Lipinski definition) is 3. The van der Waals surface area contributed by atoms with Crippen LogP contribution in [-0.4, -0.2) is 40.3 Å². The fraction of sp³-hybridized carbons (Fsp3) is 0.684. The topological polar surface area (TPSA) is 110 Å². The molecule has 0 aromatic carbocycles. The third kappa shape index (κ3) is 2.52. The Balaban J connectivity index is 1.99. The highest BCUT2D eigenvalue weighted by molar-refractivity contribution is 6.02. The van der Waals surface area contributed by atoms with Gasteiger partial charge in [0.2, 0.25) is 11.9 Å². The zero-order valence-corrected chi connectivity index (χ0v) is 16.4. The number of rotatable bonds is 5. The molecule has 0 spiro atoms. The molecule has 1 saturated carbocycles. The van der Waals surface area contributed by atoms with Gasteiger partial charge in [-0.15, -0.1) is 0 Å². The second-order valence-electron chi connectivity index (χ2n) is 9.22. The Bertz CT molecular complexity index is 755. The van der Waals surface area contributed by atoms with Crippen molar-refractivity contribution in [3.8, 4) is 0 Å². The summed E-state index contributed by atoms with van der Waals surface area (Å²) < 4.78 is 0. The Kier molecular flexibility index (Phi) is 4.14. The van der Waals surface area contributed by atoms with Crippen LogP contribution in [0.1, 0.15) is 40.3 Å². The van der Waals surface area contributed by atoms with E-state index in [1.165, 1.54) is 0 Å². The maximum atomic E-state index is 13.8. The molecule has 2 heterocycles. The molecule has 3 unspecified atom stereocenters. The van der Waals surface area contributed by atoms with E-state index in [2.05, 4.69) is 34.4 Å². The van der Waals surface area contributed by atoms with Crippen molar-refractivity contribution >= 4 is 17.6 Å². The minimum Gasteiger partial charge on any atom is -0.368 e. The Morgan fingerprint density at radius 2 is 2.04 bits per heavy atom. The van der Waals surface area contributed by atoms with Gasteiger partial charge < -0.3 is 16.4 Å². The van der Waals surface area contributed by atoms with E-state index in [-0.39, 0.29) is 22.5 Å². The van der Waals surface area contributed by atoms with Crippen LogP contribution in [0.5, 0.6) is 0 Å². The summed E-state index contributed by atoms with van der Waals surface area (Å²) in [7, 11) is 0. The number of hydrogen-bond acceptors (Lipinski definition) is 6. The van der Waals surface area contributed by atoms with Gasteiger partial charge in [-0.3, -0.25) is 9.59 Å². The van der Waals surface area contributed by atoms with Crippen LogP contribution >= 0.6 is 0 Å². The van der Waals surface area contributed by atoms with Crippen LogP contribution in [0.4, 0.5) is 5.95 Å². The number of aryl methyl sites for hydroxylation is 1. The maximum Gasteiger partial charge on any atom is 0.235 e. The van der Waals surface area contributed by atoms with Gasteiger partial charge in [0, 0.05) is 18.4 Å². The van der Waals surface area contributed by atoms with Gasteiger partial charge in [-0.05, 0) is 29.7 Å². The zero-order chi connectivity index (χ0) is 19.5. The van der Waals surface area contributed by atoms with Crippen LogP contribution in [0.3, 0.4) is 0 Å². The van der Waals surface area contributed by atoms with Crippen molar-refractivity contribution in [3.63, 3.8) is 0 Å². The highest BCUT2D eigenvalue weighted by Crippen LogP contribution is 2.73. The first-order valence-corrected chi connectivity index (χ1v) is 9.07. The first-order chi connectivity index (χ1) is 11.9. The van der Waals surface area contributed by atoms with Crippen LogP contribution in [0.15, 0.2) is 12.3 Å². The Labute approximate surface area is 154 Å². The number of fused-ring (bicyclic) bond motifs is 1. The summed E-state index contributed by atoms with van der Waals surface area (Å²) in [5, 5.41) is 6.39. The van der Waals surface area contributed by atoms with Crippen molar-refractivity contribution < 1.29 is 9.59 Å². The summed E-state index contributed by atoms with van der Waals surface area (Å²) in [6.45, 7) is 12.6. The van der Waals surface area contributed by atoms with Gasteiger partial charge in [0.25, 0.3) is 0 Å². The van der Waals surface area contributed by atoms with Crippen LogP contribution < -0.4 is 16.4 Å². The van der Waals surface area contributed by atoms with Gasteiger partial charge in [-0.25, -0.2) is 9.97 Å². The zero-order valence-electron chi connectivity index (χ0n) is 16.4. The summed E-state index contributed by atoms with van der Waals surface area (Å²) in [6.07, 6.45) is 1.67. The number of anilines is 1. The molecule has 2 fully saturated rings. The molecule has 0 radical (unpaired) electrons. The smallest absolute Gasteiger partial charge is 0.235 e. The molecule has 4 N–H and O–H groups in total. The van der Waals surface area contributed by atoms with Gasteiger partial charge in [0.15, 0.2) is 5.78 Å². The van der Waals surface area contributed by atoms with E-state index in [0.29, 0.717) is 12.5 Å². The van der Waals surface area contributed by atoms with E-state index in [4.69, 9.17) is 5.73 Å². The molecule has 7 nitrogen and oxygen atoms in total. The lowest BCUT2D eigenvalue weighted by molar-refractivity contribution is -0.134. The highest BCUT2D eigenvalue weighted by atomic mass is 16.2. The second kappa shape index (κ2) is 5.74. The van der Waals surface area contributed by atoms with Gasteiger partial charge in [0.05, 0.1) is 11.5 Å². The number of aromatic nitrogens is 2. The summed E-state index contributed by atoms with van der Waals surface area (Å²) in [5.74, 6) is 0.0705. The molecular formula is C19H29N5O2. The number of carbonyl (C=O) groups excluding carboxylic acids is 2. The molecule has 142 valence electrons. The van der Waals surface area contributed by atoms with E-state index in [0.717, 1.165) is 5.69 Å². The maximum absolute atomic E-state index is 13.8. The molecule has 1 amide bonds. The average molecular weight is 359 g/mol. The predicted molar refractivity (Wildman–Crippen MR) is 99.3 cm³/mol. The first-order valence-electron chi connectivity index (χ1n) is 9.07. The van der Waals surface area contributed by atoms with Crippen LogP contribution in [0, 0.1) is 29.1 Å². The van der Waals surface area contributed by atoms with E-state index in [1.807, 2.05) is 33.8 Å². The molecule has 1 aliphatic heterocycles. The fourth-order valence-corrected chi connectivity index (χ4v) is 4.81. The molecular weight excluding hydrogens is 330 g/mol. The predicted octanol–water partition coefficient (Wildman–Crippen LogP) is 1.28. The number of carbonyl (C=O) groups is 2. The SMILES string of the molecule is Cc1ccnc(NC(C(=O)C23C(CN[C@@H]2C(N)=O)C3(C)C)C(C)(C)C)n1. The van der Waals surface area contributed by atoms with E-state index < -0.39 is 23.4 Å². The van der Waals surface area contributed by atoms with E-state index >= 15 is 0 Å². The van der Waals surface area contributed by atoms with Gasteiger partial charge in [-0.2, -0.15) is 0 Å². The monoisotopic (exact) mass is 359 g/mol. The fourth-order valence-electron chi connectivity index (χ4n) is 4.81. The Hall–Kier alpha value is -2.02. The number of nitrogens with zero attached hydrogens (tertiary/aromatic N) is 2. The number of Topliss-reactive ketones (excluding diaryl/α,β-unsaturated/α-hetero) is 1. The molecule has 7 heteroatoms. The summed E-state index contributed by atoms with van der Waals surface area (Å²) in [6, 6.07) is 0.636. The average Bonchev–Trinajstić information content (AvgIpc) is 2.83. The van der Waals surface area contributed by atoms with E-state index in [9.17, 15) is 9.59 Å². The van der Waals surface area contributed by atoms with Crippen molar-refractivity contribution in [2.45, 2.75) is 53.6 Å². The molecule has 2 aliphatic rings. The van der Waals surface area contributed by atoms with Crippen molar-refractivity contribution in [2.24, 2.45) is 27.9 Å². The lowest BCUT2D eigenvalue weighted by Crippen LogP contribution is -2.55. The van der Waals surface area contributed by atoms with Crippen molar-refractivity contribution in [1.29, 1.82) is 0 Å². The summed E-state index contributed by atoms with van der Waals surface area (Å²) in [4.78, 5) is 34.5. The largest absolute Gasteiger partial charge is 0.368 e. The summed E-state index contributed by atoms with van der Waals surface area (Å²) >= 11 is 0. The van der Waals surface area contributed by atoms with Crippen LogP contribution in [0.25, 0.3) is 0 Å². The quantitative estimate of drug-likeness (QED) is 0.730. The van der Waals surface area contributed by atoms with Gasteiger partial charge in [0.1, 0.15) is 6.04 Å². The minimum atomic E-state index is -0.784. The van der Waals surface area contributed by atoms with Crippen molar-refractivity contribution in [2.75, 3.05) is 11.9 Å². The molecule has 1 aromatic rings. The molecule has 3 rings (SSSR count). The van der Waals surface area contributed by atoms with Gasteiger partial charge >= 0.3 is 0 Å².